The van der Waals surface area contributed by atoms with E-state index in [1.54, 1.807) is 0 Å². The molecule has 2 unspecified atom stereocenters. The minimum atomic E-state index is -0.0695. The summed E-state index contributed by atoms with van der Waals surface area (Å²) in [6.07, 6.45) is 3.64. The second kappa shape index (κ2) is 19.0. The smallest absolute Gasteiger partial charge is 0.103 e. The van der Waals surface area contributed by atoms with Crippen molar-refractivity contribution in [2.24, 2.45) is 10.8 Å². The minimum Gasteiger partial charge on any atom is -1.00 e. The van der Waals surface area contributed by atoms with Crippen molar-refractivity contribution in [1.29, 1.82) is 0 Å². The number of nitrogens with zero attached hydrogens (tertiary/aromatic N) is 2. The van der Waals surface area contributed by atoms with Crippen molar-refractivity contribution in [1.82, 2.24) is 4.90 Å². The zero-order chi connectivity index (χ0) is 21.9. The summed E-state index contributed by atoms with van der Waals surface area (Å²) < 4.78 is 0.902. The monoisotopic (exact) mass is 552 g/mol. The summed E-state index contributed by atoms with van der Waals surface area (Å²) in [6.45, 7) is 14.7. The van der Waals surface area contributed by atoms with Crippen LogP contribution >= 0.6 is 0 Å². The quantitative estimate of drug-likeness (QED) is 0.169. The largest absolute Gasteiger partial charge is 1.00 e. The normalized spacial score (nSPS) is 13.8. The highest BCUT2D eigenvalue weighted by Gasteiger charge is 2.30. The number of hydrogen-bond acceptors (Lipinski definition) is 5. The number of hydrogen-bond donors (Lipinski definition) is 2. The first-order valence-corrected chi connectivity index (χ1v) is 10.2. The van der Waals surface area contributed by atoms with Crippen LogP contribution in [0, 0.1) is 10.8 Å². The average molecular weight is 553 g/mol. The highest BCUT2D eigenvalue weighted by atomic mass is 127. The van der Waals surface area contributed by atoms with E-state index in [0.717, 1.165) is 43.3 Å². The molecular weight excluding hydrogens is 495 g/mol. The van der Waals surface area contributed by atoms with Crippen LogP contribution in [0.4, 0.5) is 0 Å². The Bertz CT molecular complexity index is 373. The molecule has 0 aromatic heterocycles. The highest BCUT2D eigenvalue weighted by Crippen LogP contribution is 2.29. The molecule has 6 nitrogen and oxygen atoms in total. The maximum atomic E-state index is 8.88. The fraction of sp³-hybridized carbons (Fsp3) is 1.00. The van der Waals surface area contributed by atoms with Crippen LogP contribution in [-0.4, -0.2) is 80.4 Å². The molecule has 0 aromatic rings. The summed E-state index contributed by atoms with van der Waals surface area (Å²) in [5, 5.41) is 17.7. The fourth-order valence-corrected chi connectivity index (χ4v) is 2.51. The molecule has 0 radical (unpaired) electrons. The van der Waals surface area contributed by atoms with Crippen LogP contribution in [0.1, 0.15) is 82.1 Å². The topological polar surface area (TPSA) is 62.2 Å². The Morgan fingerprint density at radius 1 is 0.800 bits per heavy atom. The molecule has 0 aliphatic carbocycles. The molecule has 0 amide bonds. The Hall–Kier alpha value is 0.490. The Kier molecular flexibility index (Phi) is 25.9. The average Bonchev–Trinajstić information content (AvgIpc) is 2.54. The summed E-state index contributed by atoms with van der Waals surface area (Å²) >= 11 is 0. The van der Waals surface area contributed by atoms with Crippen LogP contribution in [0.2, 0.25) is 0 Å². The molecule has 0 rings (SSSR count). The number of rotatable bonds is 12. The molecule has 2 N–H and O–H groups in total. The molecule has 0 fully saturated rings. The number of quaternary nitrogens is 1. The molecule has 0 aliphatic rings. The van der Waals surface area contributed by atoms with Gasteiger partial charge >= 0.3 is 0 Å². The van der Waals surface area contributed by atoms with Gasteiger partial charge in [0.1, 0.15) is 6.10 Å². The maximum absolute atomic E-state index is 8.88. The van der Waals surface area contributed by atoms with E-state index in [4.69, 9.17) is 10.5 Å². The van der Waals surface area contributed by atoms with Gasteiger partial charge in [0.25, 0.3) is 0 Å². The highest BCUT2D eigenvalue weighted by molar-refractivity contribution is 4.78. The first-order chi connectivity index (χ1) is 12.2. The summed E-state index contributed by atoms with van der Waals surface area (Å²) in [6, 6.07) is 0. The van der Waals surface area contributed by atoms with Gasteiger partial charge in [0.2, 0.25) is 0 Å². The minimum absolute atomic E-state index is 0. The van der Waals surface area contributed by atoms with Gasteiger partial charge in [-0.25, -0.2) is 9.78 Å². The van der Waals surface area contributed by atoms with Crippen molar-refractivity contribution < 1.29 is 48.7 Å². The van der Waals surface area contributed by atoms with Gasteiger partial charge in [-0.2, -0.15) is 0 Å². The van der Waals surface area contributed by atoms with Gasteiger partial charge in [-0.3, -0.25) is 10.5 Å². The summed E-state index contributed by atoms with van der Waals surface area (Å²) in [5.74, 6) is 0. The van der Waals surface area contributed by atoms with Crippen LogP contribution in [0.15, 0.2) is 0 Å². The summed E-state index contributed by atoms with van der Waals surface area (Å²) in [7, 11) is 10.5. The van der Waals surface area contributed by atoms with Gasteiger partial charge in [-0.05, 0) is 44.2 Å². The summed E-state index contributed by atoms with van der Waals surface area (Å²) in [4.78, 5) is 11.2. The summed E-state index contributed by atoms with van der Waals surface area (Å²) in [5.41, 5.74) is 0.0919. The fourth-order valence-electron chi connectivity index (χ4n) is 2.51. The van der Waals surface area contributed by atoms with Crippen molar-refractivity contribution in [3.8, 4) is 0 Å². The molecule has 2 atom stereocenters. The molecule has 190 valence electrons. The maximum Gasteiger partial charge on any atom is 0.103 e. The Balaban J connectivity index is -0.000000127. The second-order valence-corrected chi connectivity index (χ2v) is 10.3. The molecule has 0 saturated carbocycles. The third kappa shape index (κ3) is 19.2. The molecule has 30 heavy (non-hydrogen) atoms. The van der Waals surface area contributed by atoms with Crippen LogP contribution in [0.3, 0.4) is 0 Å². The lowest BCUT2D eigenvalue weighted by Gasteiger charge is -2.33. The SMILES string of the molecule is C.C.CCC(C)(C)C(CCN(C)C)OO.CCC(C)(C)C(CC[N+](C)(C)C)OO.[I-]. The van der Waals surface area contributed by atoms with E-state index < -0.39 is 0 Å². The Labute approximate surface area is 206 Å². The van der Waals surface area contributed by atoms with E-state index in [9.17, 15) is 0 Å². The molecule has 0 spiro atoms. The molecular formula is C23H57IN2O4. The predicted molar refractivity (Wildman–Crippen MR) is 127 cm³/mol. The van der Waals surface area contributed by atoms with E-state index in [0.29, 0.717) is 0 Å². The van der Waals surface area contributed by atoms with E-state index in [1.807, 2.05) is 14.1 Å². The van der Waals surface area contributed by atoms with E-state index >= 15 is 0 Å². The second-order valence-electron chi connectivity index (χ2n) is 10.3. The van der Waals surface area contributed by atoms with E-state index in [-0.39, 0.29) is 61.9 Å². The first kappa shape index (κ1) is 40.8. The first-order valence-electron chi connectivity index (χ1n) is 10.2. The molecule has 7 heteroatoms. The predicted octanol–water partition coefficient (Wildman–Crippen LogP) is 2.89. The van der Waals surface area contributed by atoms with Gasteiger partial charge in [0, 0.05) is 13.0 Å². The Morgan fingerprint density at radius 2 is 1.13 bits per heavy atom. The van der Waals surface area contributed by atoms with E-state index in [2.05, 4.69) is 77.4 Å². The lowest BCUT2D eigenvalue weighted by molar-refractivity contribution is -0.871. The lowest BCUT2D eigenvalue weighted by atomic mass is 9.82. The number of halogens is 1. The van der Waals surface area contributed by atoms with Gasteiger partial charge in [-0.1, -0.05) is 56.4 Å². The van der Waals surface area contributed by atoms with Gasteiger partial charge in [-0.15, -0.1) is 0 Å². The van der Waals surface area contributed by atoms with Crippen molar-refractivity contribution in [3.05, 3.63) is 0 Å². The third-order valence-corrected chi connectivity index (χ3v) is 5.72. The zero-order valence-corrected chi connectivity index (χ0v) is 22.5. The molecule has 0 bridgehead atoms. The van der Waals surface area contributed by atoms with Crippen LogP contribution < -0.4 is 24.0 Å². The van der Waals surface area contributed by atoms with Crippen molar-refractivity contribution in [2.75, 3.05) is 48.3 Å². The van der Waals surface area contributed by atoms with Crippen LogP contribution in [0.25, 0.3) is 0 Å². The van der Waals surface area contributed by atoms with Crippen molar-refractivity contribution in [2.45, 2.75) is 94.3 Å². The Morgan fingerprint density at radius 3 is 1.37 bits per heavy atom. The van der Waals surface area contributed by atoms with Gasteiger partial charge in [0.15, 0.2) is 0 Å². The standard InChI is InChI=1S/C11H25NO2.C10H23NO2.2CH4.HI/c1-7-11(2,3)10(14-13)8-9-12(4,5)6;1-6-10(2,3)9(13-12)7-8-11(4)5;;;/h10H,7-9H2,1-6H3;9,12H,6-8H2,1-5H3;2*1H4;1H. The van der Waals surface area contributed by atoms with Crippen LogP contribution in [-0.2, 0) is 9.78 Å². The van der Waals surface area contributed by atoms with Crippen LogP contribution in [0.5, 0.6) is 0 Å². The molecule has 0 aliphatic heterocycles. The third-order valence-electron chi connectivity index (χ3n) is 5.72. The van der Waals surface area contributed by atoms with E-state index in [1.165, 1.54) is 0 Å². The molecule has 0 saturated heterocycles. The van der Waals surface area contributed by atoms with Crippen molar-refractivity contribution >= 4 is 0 Å². The van der Waals surface area contributed by atoms with Gasteiger partial charge < -0.3 is 33.4 Å². The van der Waals surface area contributed by atoms with Crippen molar-refractivity contribution in [3.63, 3.8) is 0 Å². The lowest BCUT2D eigenvalue weighted by Crippen LogP contribution is -3.00. The molecule has 0 aromatic carbocycles. The molecule has 0 heterocycles. The zero-order valence-electron chi connectivity index (χ0n) is 20.4. The van der Waals surface area contributed by atoms with Gasteiger partial charge in [0.05, 0.1) is 33.8 Å².